The van der Waals surface area contributed by atoms with Gasteiger partial charge in [0.25, 0.3) is 5.91 Å². The topological polar surface area (TPSA) is 64.7 Å². The maximum absolute atomic E-state index is 12.4. The van der Waals surface area contributed by atoms with Crippen molar-refractivity contribution in [3.63, 3.8) is 0 Å². The Labute approximate surface area is 124 Å². The second-order valence-corrected chi connectivity index (χ2v) is 5.41. The number of amides is 1. The minimum Gasteiger partial charge on any atom is -0.343 e. The highest BCUT2D eigenvalue weighted by molar-refractivity contribution is 5.92. The fourth-order valence-electron chi connectivity index (χ4n) is 2.98. The van der Waals surface area contributed by atoms with Gasteiger partial charge >= 0.3 is 0 Å². The first-order valence-electron chi connectivity index (χ1n) is 7.61. The molecule has 1 aliphatic carbocycles. The summed E-state index contributed by atoms with van der Waals surface area (Å²) in [6, 6.07) is 2.17. The molecule has 0 bridgehead atoms. The van der Waals surface area contributed by atoms with E-state index < -0.39 is 0 Å². The lowest BCUT2D eigenvalue weighted by atomic mass is 10.2. The van der Waals surface area contributed by atoms with Crippen LogP contribution in [0.2, 0.25) is 0 Å². The van der Waals surface area contributed by atoms with E-state index in [9.17, 15) is 4.79 Å². The normalized spacial score (nSPS) is 15.5. The van der Waals surface area contributed by atoms with Gasteiger partial charge in [0, 0.05) is 25.1 Å². The third kappa shape index (κ3) is 2.84. The van der Waals surface area contributed by atoms with Gasteiger partial charge in [0.05, 0.1) is 12.6 Å². The molecule has 1 amide bonds. The maximum atomic E-state index is 12.4. The summed E-state index contributed by atoms with van der Waals surface area (Å²) in [6.45, 7) is 3.35. The summed E-state index contributed by atoms with van der Waals surface area (Å²) in [5, 5.41) is 7.28. The molecule has 21 heavy (non-hydrogen) atoms. The highest BCUT2D eigenvalue weighted by atomic mass is 16.2. The summed E-state index contributed by atoms with van der Waals surface area (Å²) in [6.07, 6.45) is 10.1. The van der Waals surface area contributed by atoms with Crippen molar-refractivity contribution < 1.29 is 4.79 Å². The molecule has 2 aromatic heterocycles. The first-order valence-corrected chi connectivity index (χ1v) is 7.61. The van der Waals surface area contributed by atoms with E-state index in [1.54, 1.807) is 18.5 Å². The van der Waals surface area contributed by atoms with Crippen molar-refractivity contribution in [2.75, 3.05) is 0 Å². The lowest BCUT2D eigenvalue weighted by Gasteiger charge is -2.14. The van der Waals surface area contributed by atoms with Gasteiger partial charge in [0.2, 0.25) is 0 Å². The van der Waals surface area contributed by atoms with Gasteiger partial charge in [-0.25, -0.2) is 4.98 Å². The predicted molar refractivity (Wildman–Crippen MR) is 78.8 cm³/mol. The molecule has 2 heterocycles. The highest BCUT2D eigenvalue weighted by Gasteiger charge is 2.22. The number of rotatable bonds is 5. The van der Waals surface area contributed by atoms with Crippen molar-refractivity contribution in [1.29, 1.82) is 0 Å². The van der Waals surface area contributed by atoms with Gasteiger partial charge in [-0.2, -0.15) is 5.10 Å². The van der Waals surface area contributed by atoms with Crippen LogP contribution in [0.5, 0.6) is 0 Å². The van der Waals surface area contributed by atoms with Gasteiger partial charge in [-0.15, -0.1) is 0 Å². The first-order chi connectivity index (χ1) is 10.3. The molecule has 0 saturated heterocycles. The minimum absolute atomic E-state index is 0.0787. The number of imidazole rings is 1. The van der Waals surface area contributed by atoms with Gasteiger partial charge in [-0.1, -0.05) is 12.8 Å². The van der Waals surface area contributed by atoms with Crippen LogP contribution in [0, 0.1) is 0 Å². The Morgan fingerprint density at radius 2 is 2.19 bits per heavy atom. The van der Waals surface area contributed by atoms with Crippen molar-refractivity contribution in [2.45, 2.75) is 51.7 Å². The van der Waals surface area contributed by atoms with Crippen molar-refractivity contribution in [2.24, 2.45) is 0 Å². The van der Waals surface area contributed by atoms with E-state index in [0.29, 0.717) is 18.3 Å². The molecule has 0 radical (unpaired) electrons. The number of aryl methyl sites for hydroxylation is 1. The molecule has 0 unspecified atom stereocenters. The summed E-state index contributed by atoms with van der Waals surface area (Å²) in [4.78, 5) is 16.6. The second-order valence-electron chi connectivity index (χ2n) is 5.41. The summed E-state index contributed by atoms with van der Waals surface area (Å²) < 4.78 is 3.91. The zero-order valence-electron chi connectivity index (χ0n) is 12.3. The molecular formula is C15H21N5O. The Bertz CT molecular complexity index is 609. The molecule has 0 spiro atoms. The fraction of sp³-hybridized carbons (Fsp3) is 0.533. The van der Waals surface area contributed by atoms with Crippen LogP contribution >= 0.6 is 0 Å². The number of nitrogens with one attached hydrogen (secondary N) is 1. The third-order valence-electron chi connectivity index (χ3n) is 4.12. The van der Waals surface area contributed by atoms with Gasteiger partial charge in [-0.3, -0.25) is 9.48 Å². The van der Waals surface area contributed by atoms with Crippen LogP contribution in [-0.2, 0) is 13.1 Å². The summed E-state index contributed by atoms with van der Waals surface area (Å²) in [5.74, 6) is 0.794. The van der Waals surface area contributed by atoms with Crippen LogP contribution < -0.4 is 5.32 Å². The van der Waals surface area contributed by atoms with Crippen LogP contribution in [0.1, 0.15) is 55.0 Å². The van der Waals surface area contributed by atoms with E-state index in [0.717, 1.165) is 25.2 Å². The van der Waals surface area contributed by atoms with Crippen LogP contribution in [0.3, 0.4) is 0 Å². The van der Waals surface area contributed by atoms with E-state index in [-0.39, 0.29) is 5.91 Å². The Morgan fingerprint density at radius 1 is 1.38 bits per heavy atom. The van der Waals surface area contributed by atoms with Crippen LogP contribution in [0.15, 0.2) is 24.7 Å². The molecule has 0 aliphatic heterocycles. The second kappa shape index (κ2) is 6.11. The maximum Gasteiger partial charge on any atom is 0.269 e. The molecule has 112 valence electrons. The molecule has 0 aromatic carbocycles. The first kappa shape index (κ1) is 13.9. The molecule has 6 nitrogen and oxygen atoms in total. The Kier molecular flexibility index (Phi) is 4.03. The monoisotopic (exact) mass is 287 g/mol. The molecule has 0 atom stereocenters. The van der Waals surface area contributed by atoms with Crippen molar-refractivity contribution >= 4 is 5.91 Å². The smallest absolute Gasteiger partial charge is 0.269 e. The number of carbonyl (C=O) groups excluding carboxylic acids is 1. The molecule has 2 aromatic rings. The summed E-state index contributed by atoms with van der Waals surface area (Å²) in [7, 11) is 0. The summed E-state index contributed by atoms with van der Waals surface area (Å²) >= 11 is 0. The van der Waals surface area contributed by atoms with E-state index in [1.807, 2.05) is 15.4 Å². The molecular weight excluding hydrogens is 266 g/mol. The molecule has 1 fully saturated rings. The largest absolute Gasteiger partial charge is 0.343 e. The number of carbonyl (C=O) groups is 1. The lowest BCUT2D eigenvalue weighted by molar-refractivity contribution is 0.0936. The van der Waals surface area contributed by atoms with E-state index in [1.165, 1.54) is 12.8 Å². The fourth-order valence-corrected chi connectivity index (χ4v) is 2.98. The average Bonchev–Trinajstić information content (AvgIpc) is 3.23. The van der Waals surface area contributed by atoms with E-state index >= 15 is 0 Å². The van der Waals surface area contributed by atoms with Gasteiger partial charge in [0.1, 0.15) is 11.5 Å². The van der Waals surface area contributed by atoms with Gasteiger partial charge in [-0.05, 0) is 25.8 Å². The Balaban J connectivity index is 1.67. The molecule has 3 rings (SSSR count). The average molecular weight is 287 g/mol. The van der Waals surface area contributed by atoms with E-state index in [4.69, 9.17) is 0 Å². The molecule has 6 heteroatoms. The Morgan fingerprint density at radius 3 is 2.95 bits per heavy atom. The minimum atomic E-state index is -0.0787. The number of hydrogen-bond acceptors (Lipinski definition) is 3. The van der Waals surface area contributed by atoms with Gasteiger partial charge < -0.3 is 9.88 Å². The number of nitrogens with zero attached hydrogens (tertiary/aromatic N) is 4. The zero-order valence-corrected chi connectivity index (χ0v) is 12.3. The Hall–Kier alpha value is -2.11. The van der Waals surface area contributed by atoms with Crippen molar-refractivity contribution in [3.8, 4) is 0 Å². The predicted octanol–water partition coefficient (Wildman–Crippen LogP) is 2.14. The number of hydrogen-bond donors (Lipinski definition) is 1. The van der Waals surface area contributed by atoms with Gasteiger partial charge in [0.15, 0.2) is 0 Å². The van der Waals surface area contributed by atoms with Crippen LogP contribution in [-0.4, -0.2) is 25.2 Å². The molecule has 1 saturated carbocycles. The standard InChI is InChI=1S/C15H21N5O/c1-2-19-10-9-16-14(19)11-17-15(21)13-7-8-18-20(13)12-5-3-4-6-12/h7-10,12H,2-6,11H2,1H3,(H,17,21). The highest BCUT2D eigenvalue weighted by Crippen LogP contribution is 2.29. The lowest BCUT2D eigenvalue weighted by Crippen LogP contribution is -2.28. The molecule has 1 aliphatic rings. The summed E-state index contributed by atoms with van der Waals surface area (Å²) in [5.41, 5.74) is 0.650. The SMILES string of the molecule is CCn1ccnc1CNC(=O)c1ccnn1C1CCCC1. The number of aromatic nitrogens is 4. The third-order valence-corrected chi connectivity index (χ3v) is 4.12. The molecule has 1 N–H and O–H groups in total. The van der Waals surface area contributed by atoms with Crippen molar-refractivity contribution in [1.82, 2.24) is 24.6 Å². The van der Waals surface area contributed by atoms with Crippen molar-refractivity contribution in [3.05, 3.63) is 36.2 Å². The van der Waals surface area contributed by atoms with Crippen LogP contribution in [0.4, 0.5) is 0 Å². The zero-order chi connectivity index (χ0) is 14.7. The van der Waals surface area contributed by atoms with E-state index in [2.05, 4.69) is 22.3 Å². The quantitative estimate of drug-likeness (QED) is 0.916. The van der Waals surface area contributed by atoms with Crippen LogP contribution in [0.25, 0.3) is 0 Å².